The van der Waals surface area contributed by atoms with Gasteiger partial charge in [0.15, 0.2) is 5.82 Å². The lowest BCUT2D eigenvalue weighted by atomic mass is 10.1. The molecule has 124 valence electrons. The van der Waals surface area contributed by atoms with Gasteiger partial charge < -0.3 is 5.32 Å². The molecule has 0 bridgehead atoms. The van der Waals surface area contributed by atoms with E-state index in [0.717, 1.165) is 11.6 Å². The summed E-state index contributed by atoms with van der Waals surface area (Å²) < 4.78 is 39.3. The van der Waals surface area contributed by atoms with Crippen LogP contribution < -0.4 is 5.32 Å². The Hall–Kier alpha value is -2.34. The van der Waals surface area contributed by atoms with E-state index in [0.29, 0.717) is 29.1 Å². The summed E-state index contributed by atoms with van der Waals surface area (Å²) in [5, 5.41) is 3.47. The second kappa shape index (κ2) is 7.49. The number of halogens is 2. The molecule has 0 spiro atoms. The van der Waals surface area contributed by atoms with Crippen LogP contribution in [0.1, 0.15) is 5.56 Å². The third-order valence-electron chi connectivity index (χ3n) is 3.58. The number of hydrogen-bond acceptors (Lipinski definition) is 3. The first-order chi connectivity index (χ1) is 11.6. The molecule has 2 aromatic carbocycles. The van der Waals surface area contributed by atoms with E-state index in [1.54, 1.807) is 6.07 Å². The van der Waals surface area contributed by atoms with Crippen LogP contribution >= 0.6 is 0 Å². The van der Waals surface area contributed by atoms with E-state index < -0.39 is 22.4 Å². The molecular weight excluding hydrogens is 330 g/mol. The molecular formula is C18H16F2N2OS. The van der Waals surface area contributed by atoms with Crippen LogP contribution in [0.15, 0.2) is 54.7 Å². The Kier molecular flexibility index (Phi) is 5.15. The van der Waals surface area contributed by atoms with Gasteiger partial charge in [-0.1, -0.05) is 30.3 Å². The number of rotatable bonds is 6. The minimum absolute atomic E-state index is 0.117. The summed E-state index contributed by atoms with van der Waals surface area (Å²) in [5.74, 6) is -0.413. The SMILES string of the molecule is O=S(CCNc1ccnc2c(F)cc(F)cc12)Cc1ccccc1. The highest BCUT2D eigenvalue weighted by Gasteiger charge is 2.09. The molecule has 3 nitrogen and oxygen atoms in total. The molecule has 1 N–H and O–H groups in total. The van der Waals surface area contributed by atoms with Gasteiger partial charge in [-0.25, -0.2) is 8.78 Å². The van der Waals surface area contributed by atoms with Crippen LogP contribution in [0, 0.1) is 11.6 Å². The zero-order chi connectivity index (χ0) is 16.9. The highest BCUT2D eigenvalue weighted by atomic mass is 32.2. The van der Waals surface area contributed by atoms with E-state index in [1.807, 2.05) is 30.3 Å². The average Bonchev–Trinajstić information content (AvgIpc) is 2.56. The van der Waals surface area contributed by atoms with Crippen molar-refractivity contribution in [3.05, 3.63) is 71.9 Å². The number of fused-ring (bicyclic) bond motifs is 1. The molecule has 0 amide bonds. The third-order valence-corrected chi connectivity index (χ3v) is 4.89. The number of aromatic nitrogens is 1. The van der Waals surface area contributed by atoms with Crippen molar-refractivity contribution >= 4 is 27.4 Å². The minimum atomic E-state index is -1.01. The van der Waals surface area contributed by atoms with Crippen molar-refractivity contribution < 1.29 is 13.0 Å². The number of hydrogen-bond donors (Lipinski definition) is 1. The van der Waals surface area contributed by atoms with E-state index in [-0.39, 0.29) is 5.52 Å². The van der Waals surface area contributed by atoms with Crippen LogP contribution in [0.5, 0.6) is 0 Å². The molecule has 1 atom stereocenters. The molecule has 0 radical (unpaired) electrons. The van der Waals surface area contributed by atoms with Gasteiger partial charge >= 0.3 is 0 Å². The van der Waals surface area contributed by atoms with Crippen molar-refractivity contribution in [3.8, 4) is 0 Å². The van der Waals surface area contributed by atoms with E-state index >= 15 is 0 Å². The van der Waals surface area contributed by atoms with Gasteiger partial charge in [0, 0.05) is 52.2 Å². The fourth-order valence-corrected chi connectivity index (χ4v) is 3.50. The van der Waals surface area contributed by atoms with Gasteiger partial charge in [0.2, 0.25) is 0 Å². The first-order valence-corrected chi connectivity index (χ1v) is 8.99. The molecule has 3 rings (SSSR count). The van der Waals surface area contributed by atoms with E-state index in [4.69, 9.17) is 0 Å². The maximum Gasteiger partial charge on any atom is 0.152 e. The van der Waals surface area contributed by atoms with Gasteiger partial charge in [-0.2, -0.15) is 0 Å². The van der Waals surface area contributed by atoms with E-state index in [1.165, 1.54) is 12.3 Å². The van der Waals surface area contributed by atoms with Crippen molar-refractivity contribution in [2.24, 2.45) is 0 Å². The molecule has 0 aliphatic rings. The van der Waals surface area contributed by atoms with E-state index in [9.17, 15) is 13.0 Å². The highest BCUT2D eigenvalue weighted by molar-refractivity contribution is 7.84. The first kappa shape index (κ1) is 16.5. The second-order valence-electron chi connectivity index (χ2n) is 5.34. The van der Waals surface area contributed by atoms with Gasteiger partial charge in [-0.05, 0) is 17.7 Å². The standard InChI is InChI=1S/C18H16F2N2OS/c19-14-10-15-17(6-7-22-18(15)16(20)11-14)21-8-9-24(23)12-13-4-2-1-3-5-13/h1-7,10-11H,8-9,12H2,(H,21,22). The summed E-state index contributed by atoms with van der Waals surface area (Å²) in [5.41, 5.74) is 1.72. The summed E-state index contributed by atoms with van der Waals surface area (Å²) in [6.45, 7) is 0.441. The van der Waals surface area contributed by atoms with E-state index in [2.05, 4.69) is 10.3 Å². The lowest BCUT2D eigenvalue weighted by Gasteiger charge is -2.10. The smallest absolute Gasteiger partial charge is 0.152 e. The van der Waals surface area contributed by atoms with Crippen LogP contribution in [-0.4, -0.2) is 21.5 Å². The van der Waals surface area contributed by atoms with Crippen molar-refractivity contribution in [1.29, 1.82) is 0 Å². The van der Waals surface area contributed by atoms with Gasteiger partial charge in [0.1, 0.15) is 11.3 Å². The Labute approximate surface area is 141 Å². The van der Waals surface area contributed by atoms with Crippen LogP contribution in [0.4, 0.5) is 14.5 Å². The number of benzene rings is 2. The van der Waals surface area contributed by atoms with Crippen LogP contribution in [0.25, 0.3) is 10.9 Å². The fraction of sp³-hybridized carbons (Fsp3) is 0.167. The Balaban J connectivity index is 1.65. The maximum atomic E-state index is 13.7. The highest BCUT2D eigenvalue weighted by Crippen LogP contribution is 2.24. The van der Waals surface area contributed by atoms with Crippen molar-refractivity contribution in [1.82, 2.24) is 4.98 Å². The van der Waals surface area contributed by atoms with Crippen LogP contribution in [-0.2, 0) is 16.6 Å². The zero-order valence-corrected chi connectivity index (χ0v) is 13.7. The summed E-state index contributed by atoms with van der Waals surface area (Å²) in [6.07, 6.45) is 1.46. The van der Waals surface area contributed by atoms with Gasteiger partial charge in [-0.15, -0.1) is 0 Å². The zero-order valence-electron chi connectivity index (χ0n) is 12.8. The molecule has 0 aliphatic carbocycles. The van der Waals surface area contributed by atoms with Gasteiger partial charge in [-0.3, -0.25) is 9.19 Å². The number of nitrogens with one attached hydrogen (secondary N) is 1. The average molecular weight is 346 g/mol. The molecule has 0 aliphatic heterocycles. The largest absolute Gasteiger partial charge is 0.384 e. The topological polar surface area (TPSA) is 42.0 Å². The summed E-state index contributed by atoms with van der Waals surface area (Å²) in [6, 6.07) is 13.3. The number of pyridine rings is 1. The molecule has 24 heavy (non-hydrogen) atoms. The lowest BCUT2D eigenvalue weighted by molar-refractivity contribution is 0.590. The molecule has 0 fully saturated rings. The van der Waals surface area contributed by atoms with Crippen LogP contribution in [0.3, 0.4) is 0 Å². The molecule has 1 aromatic heterocycles. The summed E-state index contributed by atoms with van der Waals surface area (Å²) in [4.78, 5) is 3.94. The van der Waals surface area contributed by atoms with Gasteiger partial charge in [0.05, 0.1) is 0 Å². The molecule has 1 heterocycles. The third kappa shape index (κ3) is 3.94. The minimum Gasteiger partial charge on any atom is -0.384 e. The quantitative estimate of drug-likeness (QED) is 0.737. The first-order valence-electron chi connectivity index (χ1n) is 7.50. The Bertz CT molecular complexity index is 872. The second-order valence-corrected chi connectivity index (χ2v) is 6.92. The molecule has 6 heteroatoms. The fourth-order valence-electron chi connectivity index (χ4n) is 2.46. The molecule has 0 saturated carbocycles. The van der Waals surface area contributed by atoms with Gasteiger partial charge in [0.25, 0.3) is 0 Å². The number of anilines is 1. The molecule has 1 unspecified atom stereocenters. The lowest BCUT2D eigenvalue weighted by Crippen LogP contribution is -2.12. The number of nitrogens with zero attached hydrogens (tertiary/aromatic N) is 1. The summed E-state index contributed by atoms with van der Waals surface area (Å²) >= 11 is 0. The Morgan fingerprint density at radius 3 is 2.67 bits per heavy atom. The van der Waals surface area contributed by atoms with Crippen LogP contribution in [0.2, 0.25) is 0 Å². The predicted molar refractivity (Wildman–Crippen MR) is 93.3 cm³/mol. The maximum absolute atomic E-state index is 13.7. The predicted octanol–water partition coefficient (Wildman–Crippen LogP) is 3.87. The molecule has 3 aromatic rings. The van der Waals surface area contributed by atoms with Crippen molar-refractivity contribution in [2.75, 3.05) is 17.6 Å². The normalized spacial score (nSPS) is 12.2. The summed E-state index contributed by atoms with van der Waals surface area (Å²) in [7, 11) is -1.01. The van der Waals surface area contributed by atoms with Crippen molar-refractivity contribution in [3.63, 3.8) is 0 Å². The van der Waals surface area contributed by atoms with Crippen molar-refractivity contribution in [2.45, 2.75) is 5.75 Å². The Morgan fingerprint density at radius 2 is 1.88 bits per heavy atom. The Morgan fingerprint density at radius 1 is 1.08 bits per heavy atom. The molecule has 0 saturated heterocycles. The monoisotopic (exact) mass is 346 g/mol.